The molecule has 0 saturated carbocycles. The normalized spacial score (nSPS) is 8.00. The fourth-order valence-corrected chi connectivity index (χ4v) is 0.429. The van der Waals surface area contributed by atoms with Gasteiger partial charge in [-0.3, -0.25) is 0 Å². The van der Waals surface area contributed by atoms with Crippen LogP contribution in [0.4, 0.5) is 5.69 Å². The van der Waals surface area contributed by atoms with Crippen LogP contribution in [0.1, 0.15) is 0 Å². The van der Waals surface area contributed by atoms with Crippen molar-refractivity contribution in [2.24, 2.45) is 0 Å². The molecular formula is C6H6NORe-. The summed E-state index contributed by atoms with van der Waals surface area (Å²) in [6.07, 6.45) is 0. The second-order valence-corrected chi connectivity index (χ2v) is 1.50. The Morgan fingerprint density at radius 3 is 2.44 bits per heavy atom. The topological polar surface area (TPSA) is 46.2 Å². The van der Waals surface area contributed by atoms with Gasteiger partial charge >= 0.3 is 0 Å². The Kier molecular flexibility index (Phi) is 3.30. The molecule has 1 radical (unpaired) electrons. The minimum atomic E-state index is 0. The van der Waals surface area contributed by atoms with Gasteiger partial charge in [0.25, 0.3) is 0 Å². The molecule has 0 heterocycles. The Morgan fingerprint density at radius 2 is 2.11 bits per heavy atom. The van der Waals surface area contributed by atoms with Gasteiger partial charge in [0.2, 0.25) is 0 Å². The van der Waals surface area contributed by atoms with Gasteiger partial charge in [0.1, 0.15) is 0 Å². The van der Waals surface area contributed by atoms with Crippen molar-refractivity contribution in [3.63, 3.8) is 0 Å². The third-order valence-electron chi connectivity index (χ3n) is 0.820. The summed E-state index contributed by atoms with van der Waals surface area (Å²) in [6, 6.07) is 7.17. The predicted molar refractivity (Wildman–Crippen MR) is 31.4 cm³/mol. The van der Waals surface area contributed by atoms with Gasteiger partial charge in [-0.2, -0.15) is 6.07 Å². The van der Waals surface area contributed by atoms with Crippen molar-refractivity contribution >= 4 is 5.69 Å². The van der Waals surface area contributed by atoms with Crippen molar-refractivity contribution in [3.05, 3.63) is 24.3 Å². The second kappa shape index (κ2) is 3.50. The Morgan fingerprint density at radius 1 is 1.44 bits per heavy atom. The third-order valence-corrected chi connectivity index (χ3v) is 0.820. The van der Waals surface area contributed by atoms with Crippen molar-refractivity contribution in [1.29, 1.82) is 0 Å². The number of nitrogen functional groups attached to an aromatic ring is 1. The first-order chi connectivity index (χ1) is 3.79. The van der Waals surface area contributed by atoms with Gasteiger partial charge in [0, 0.05) is 26.2 Å². The Bertz CT molecular complexity index is 152. The van der Waals surface area contributed by atoms with E-state index in [9.17, 15) is 0 Å². The van der Waals surface area contributed by atoms with Gasteiger partial charge in [-0.1, -0.05) is 5.69 Å². The van der Waals surface area contributed by atoms with E-state index in [1.807, 2.05) is 0 Å². The van der Waals surface area contributed by atoms with E-state index in [4.69, 9.17) is 10.8 Å². The summed E-state index contributed by atoms with van der Waals surface area (Å²) in [5.41, 5.74) is 5.80. The van der Waals surface area contributed by atoms with Crippen molar-refractivity contribution in [2.75, 3.05) is 5.73 Å². The number of nitrogens with two attached hydrogens (primary N) is 1. The Hall–Kier alpha value is -0.518. The van der Waals surface area contributed by atoms with E-state index < -0.39 is 0 Å². The van der Waals surface area contributed by atoms with Crippen LogP contribution in [0.2, 0.25) is 0 Å². The summed E-state index contributed by atoms with van der Waals surface area (Å²) in [5.74, 6) is 0.194. The average Bonchev–Trinajstić information content (AvgIpc) is 1.77. The SMILES string of the molecule is Nc1[c-]cc(O)cc1.[Re]. The fourth-order valence-electron chi connectivity index (χ4n) is 0.429. The summed E-state index contributed by atoms with van der Waals surface area (Å²) < 4.78 is 0. The number of aromatic hydroxyl groups is 1. The van der Waals surface area contributed by atoms with Gasteiger partial charge in [0.05, 0.1) is 0 Å². The van der Waals surface area contributed by atoms with Crippen LogP contribution in [0.5, 0.6) is 5.75 Å². The number of phenols is 1. The van der Waals surface area contributed by atoms with Crippen LogP contribution >= 0.6 is 0 Å². The first-order valence-corrected chi connectivity index (χ1v) is 2.25. The molecular weight excluding hydrogens is 288 g/mol. The van der Waals surface area contributed by atoms with Gasteiger partial charge in [-0.05, 0) is 0 Å². The molecule has 0 atom stereocenters. The smallest absolute Gasteiger partial charge is 0.00334 e. The molecule has 1 aromatic carbocycles. The minimum Gasteiger partial charge on any atom is -0.566 e. The Balaban J connectivity index is 0.000000640. The molecule has 1 rings (SSSR count). The number of benzene rings is 1. The van der Waals surface area contributed by atoms with Crippen molar-refractivity contribution in [2.45, 2.75) is 0 Å². The van der Waals surface area contributed by atoms with Crippen LogP contribution in [0, 0.1) is 6.07 Å². The van der Waals surface area contributed by atoms with Crippen LogP contribution in [0.15, 0.2) is 18.2 Å². The zero-order valence-corrected chi connectivity index (χ0v) is 7.35. The molecule has 0 fully saturated rings. The predicted octanol–water partition coefficient (Wildman–Crippen LogP) is 0.772. The van der Waals surface area contributed by atoms with Gasteiger partial charge in [-0.15, -0.1) is 18.2 Å². The number of anilines is 1. The third kappa shape index (κ3) is 2.50. The van der Waals surface area contributed by atoms with Crippen LogP contribution in [-0.4, -0.2) is 5.11 Å². The van der Waals surface area contributed by atoms with Crippen LogP contribution in [0.25, 0.3) is 0 Å². The zero-order valence-electron chi connectivity index (χ0n) is 4.63. The molecule has 49 valence electrons. The molecule has 0 amide bonds. The molecule has 0 saturated heterocycles. The molecule has 2 nitrogen and oxygen atoms in total. The van der Waals surface area contributed by atoms with Crippen LogP contribution < -0.4 is 5.73 Å². The van der Waals surface area contributed by atoms with E-state index in [1.54, 1.807) is 6.07 Å². The zero-order chi connectivity index (χ0) is 5.98. The number of hydrogen-bond donors (Lipinski definition) is 2. The molecule has 0 aromatic heterocycles. The molecule has 0 aliphatic heterocycles. The van der Waals surface area contributed by atoms with Gasteiger partial charge in [0.15, 0.2) is 0 Å². The molecule has 1 aromatic rings. The standard InChI is InChI=1S/C6H6NO.Re/c7-5-1-3-6(8)4-2-5;/h1,3-4,8H,7H2;/q-1;. The molecule has 9 heavy (non-hydrogen) atoms. The average molecular weight is 294 g/mol. The molecule has 0 unspecified atom stereocenters. The summed E-state index contributed by atoms with van der Waals surface area (Å²) >= 11 is 0. The van der Waals surface area contributed by atoms with E-state index in [2.05, 4.69) is 6.07 Å². The summed E-state index contributed by atoms with van der Waals surface area (Å²) in [7, 11) is 0. The fraction of sp³-hybridized carbons (Fsp3) is 0. The van der Waals surface area contributed by atoms with E-state index in [0.717, 1.165) is 0 Å². The van der Waals surface area contributed by atoms with Crippen LogP contribution in [0.3, 0.4) is 0 Å². The Labute approximate surface area is 67.3 Å². The van der Waals surface area contributed by atoms with E-state index >= 15 is 0 Å². The summed E-state index contributed by atoms with van der Waals surface area (Å²) in [5, 5.41) is 8.67. The largest absolute Gasteiger partial charge is 0.566 e. The monoisotopic (exact) mass is 295 g/mol. The first kappa shape index (κ1) is 8.48. The molecule has 3 heteroatoms. The molecule has 0 spiro atoms. The maximum atomic E-state index is 8.67. The number of phenolic OH excluding ortho intramolecular Hbond substituents is 1. The maximum absolute atomic E-state index is 8.67. The van der Waals surface area contributed by atoms with E-state index in [-0.39, 0.29) is 26.2 Å². The molecule has 0 aliphatic rings. The number of hydrogen-bond acceptors (Lipinski definition) is 2. The molecule has 0 aliphatic carbocycles. The molecule has 0 bridgehead atoms. The van der Waals surface area contributed by atoms with E-state index in [1.165, 1.54) is 12.1 Å². The first-order valence-electron chi connectivity index (χ1n) is 2.25. The molecule has 3 N–H and O–H groups in total. The van der Waals surface area contributed by atoms with Crippen molar-refractivity contribution in [1.82, 2.24) is 0 Å². The van der Waals surface area contributed by atoms with Crippen molar-refractivity contribution in [3.8, 4) is 5.75 Å². The minimum absolute atomic E-state index is 0. The van der Waals surface area contributed by atoms with Crippen molar-refractivity contribution < 1.29 is 25.5 Å². The summed E-state index contributed by atoms with van der Waals surface area (Å²) in [4.78, 5) is 0. The van der Waals surface area contributed by atoms with Gasteiger partial charge < -0.3 is 10.8 Å². The number of rotatable bonds is 0. The summed E-state index contributed by atoms with van der Waals surface area (Å²) in [6.45, 7) is 0. The maximum Gasteiger partial charge on any atom is 0.00334 e. The second-order valence-electron chi connectivity index (χ2n) is 1.50. The van der Waals surface area contributed by atoms with Gasteiger partial charge in [-0.25, -0.2) is 0 Å². The van der Waals surface area contributed by atoms with Crippen LogP contribution in [-0.2, 0) is 20.4 Å². The quantitative estimate of drug-likeness (QED) is 0.422. The van der Waals surface area contributed by atoms with E-state index in [0.29, 0.717) is 5.69 Å².